The maximum atomic E-state index is 11.5. The van der Waals surface area contributed by atoms with Gasteiger partial charge in [0.2, 0.25) is 15.9 Å². The topological polar surface area (TPSA) is 87.3 Å². The first-order valence-electron chi connectivity index (χ1n) is 6.51. The van der Waals surface area contributed by atoms with Crippen molar-refractivity contribution in [3.8, 4) is 0 Å². The predicted molar refractivity (Wildman–Crippen MR) is 78.0 cm³/mol. The van der Waals surface area contributed by atoms with Gasteiger partial charge in [-0.3, -0.25) is 4.79 Å². The molecule has 3 N–H and O–H groups in total. The number of amides is 1. The molecule has 19 heavy (non-hydrogen) atoms. The lowest BCUT2D eigenvalue weighted by molar-refractivity contribution is -0.121. The Balaban J connectivity index is 0.00000324. The molecule has 0 aromatic carbocycles. The van der Waals surface area contributed by atoms with Crippen LogP contribution in [-0.2, 0) is 14.8 Å². The van der Waals surface area contributed by atoms with Crippen LogP contribution >= 0.6 is 12.4 Å². The fraction of sp³-hybridized carbons (Fsp3) is 0.909. The Morgan fingerprint density at radius 1 is 1.37 bits per heavy atom. The Morgan fingerprint density at radius 3 is 2.68 bits per heavy atom. The predicted octanol–water partition coefficient (Wildman–Crippen LogP) is -0.00410. The molecule has 0 aromatic rings. The number of hydrogen-bond donors (Lipinski definition) is 3. The third-order valence-corrected chi connectivity index (χ3v) is 4.38. The summed E-state index contributed by atoms with van der Waals surface area (Å²) >= 11 is 0. The molecule has 114 valence electrons. The van der Waals surface area contributed by atoms with E-state index in [2.05, 4.69) is 15.4 Å². The van der Waals surface area contributed by atoms with Crippen LogP contribution in [0.15, 0.2) is 0 Å². The van der Waals surface area contributed by atoms with E-state index in [0.717, 1.165) is 19.4 Å². The highest BCUT2D eigenvalue weighted by atomic mass is 35.5. The Bertz CT molecular complexity index is 356. The summed E-state index contributed by atoms with van der Waals surface area (Å²) in [5, 5.41) is 6.06. The number of carbonyl (C=O) groups excluding carboxylic acids is 1. The van der Waals surface area contributed by atoms with Gasteiger partial charge in [0.05, 0.1) is 5.75 Å². The van der Waals surface area contributed by atoms with Crippen molar-refractivity contribution in [2.75, 3.05) is 25.4 Å². The second-order valence-corrected chi connectivity index (χ2v) is 6.59. The molecule has 1 aliphatic heterocycles. The smallest absolute Gasteiger partial charge is 0.221 e. The van der Waals surface area contributed by atoms with Crippen LogP contribution in [0.1, 0.15) is 32.6 Å². The van der Waals surface area contributed by atoms with E-state index in [0.29, 0.717) is 32.0 Å². The van der Waals surface area contributed by atoms with Gasteiger partial charge < -0.3 is 10.6 Å². The number of sulfonamides is 1. The molecule has 1 atom stereocenters. The molecule has 0 saturated carbocycles. The average molecular weight is 314 g/mol. The summed E-state index contributed by atoms with van der Waals surface area (Å²) in [6.07, 6.45) is 3.32. The third-order valence-electron chi connectivity index (χ3n) is 2.97. The summed E-state index contributed by atoms with van der Waals surface area (Å²) in [4.78, 5) is 11.5. The second-order valence-electron chi connectivity index (χ2n) is 4.50. The van der Waals surface area contributed by atoms with Crippen molar-refractivity contribution >= 4 is 28.3 Å². The lowest BCUT2D eigenvalue weighted by Crippen LogP contribution is -2.34. The van der Waals surface area contributed by atoms with E-state index >= 15 is 0 Å². The molecular formula is C11H24ClN3O3S. The maximum absolute atomic E-state index is 11.5. The normalized spacial score (nSPS) is 18.9. The van der Waals surface area contributed by atoms with Crippen LogP contribution in [0.5, 0.6) is 0 Å². The van der Waals surface area contributed by atoms with E-state index in [1.807, 2.05) is 0 Å². The second kappa shape index (κ2) is 9.52. The Hall–Kier alpha value is -0.370. The van der Waals surface area contributed by atoms with Crippen molar-refractivity contribution in [2.24, 2.45) is 0 Å². The van der Waals surface area contributed by atoms with Crippen LogP contribution in [0, 0.1) is 0 Å². The van der Waals surface area contributed by atoms with Gasteiger partial charge >= 0.3 is 0 Å². The van der Waals surface area contributed by atoms with Crippen molar-refractivity contribution in [3.05, 3.63) is 0 Å². The first-order valence-corrected chi connectivity index (χ1v) is 8.16. The summed E-state index contributed by atoms with van der Waals surface area (Å²) in [6.45, 7) is 3.48. The van der Waals surface area contributed by atoms with E-state index in [9.17, 15) is 13.2 Å². The van der Waals surface area contributed by atoms with Crippen LogP contribution in [0.2, 0.25) is 0 Å². The van der Waals surface area contributed by atoms with Gasteiger partial charge in [0.1, 0.15) is 0 Å². The molecule has 1 fully saturated rings. The maximum Gasteiger partial charge on any atom is 0.221 e. The molecule has 0 bridgehead atoms. The molecule has 0 spiro atoms. The van der Waals surface area contributed by atoms with Gasteiger partial charge in [-0.05, 0) is 32.7 Å². The summed E-state index contributed by atoms with van der Waals surface area (Å²) in [7, 11) is -3.11. The minimum absolute atomic E-state index is 0. The van der Waals surface area contributed by atoms with Crippen molar-refractivity contribution < 1.29 is 13.2 Å². The van der Waals surface area contributed by atoms with Crippen molar-refractivity contribution in [1.29, 1.82) is 0 Å². The molecule has 1 unspecified atom stereocenters. The van der Waals surface area contributed by atoms with Crippen LogP contribution in [0.3, 0.4) is 0 Å². The number of carbonyl (C=O) groups is 1. The minimum Gasteiger partial charge on any atom is -0.356 e. The number of hydrogen-bond acceptors (Lipinski definition) is 4. The average Bonchev–Trinajstić information content (AvgIpc) is 2.81. The van der Waals surface area contributed by atoms with Gasteiger partial charge in [-0.1, -0.05) is 0 Å². The van der Waals surface area contributed by atoms with E-state index in [-0.39, 0.29) is 24.1 Å². The molecule has 1 aliphatic rings. The highest BCUT2D eigenvalue weighted by Crippen LogP contribution is 2.07. The molecule has 6 nitrogen and oxygen atoms in total. The molecule has 1 heterocycles. The lowest BCUT2D eigenvalue weighted by atomic mass is 10.1. The molecule has 0 radical (unpaired) electrons. The van der Waals surface area contributed by atoms with Gasteiger partial charge in [-0.2, -0.15) is 0 Å². The summed E-state index contributed by atoms with van der Waals surface area (Å²) < 4.78 is 24.7. The van der Waals surface area contributed by atoms with E-state index in [1.165, 1.54) is 0 Å². The fourth-order valence-corrected chi connectivity index (χ4v) is 2.53. The monoisotopic (exact) mass is 313 g/mol. The minimum atomic E-state index is -3.11. The Morgan fingerprint density at radius 2 is 2.11 bits per heavy atom. The van der Waals surface area contributed by atoms with Gasteiger partial charge in [-0.25, -0.2) is 13.1 Å². The quantitative estimate of drug-likeness (QED) is 0.550. The Kier molecular flexibility index (Phi) is 9.34. The molecule has 1 saturated heterocycles. The number of nitrogens with one attached hydrogen (secondary N) is 3. The summed E-state index contributed by atoms with van der Waals surface area (Å²) in [6, 6.07) is 0.309. The number of halogens is 1. The zero-order chi connectivity index (χ0) is 13.4. The van der Waals surface area contributed by atoms with Crippen molar-refractivity contribution in [1.82, 2.24) is 15.4 Å². The molecule has 0 aliphatic carbocycles. The lowest BCUT2D eigenvalue weighted by Gasteiger charge is -2.10. The SMILES string of the molecule is CCS(=O)(=O)NCCCNC(=O)CC1CCCN1.Cl. The highest BCUT2D eigenvalue weighted by molar-refractivity contribution is 7.89. The van der Waals surface area contributed by atoms with E-state index in [4.69, 9.17) is 0 Å². The molecule has 0 aromatic heterocycles. The van der Waals surface area contributed by atoms with Gasteiger partial charge in [0.25, 0.3) is 0 Å². The first-order chi connectivity index (χ1) is 8.53. The molecular weight excluding hydrogens is 290 g/mol. The van der Waals surface area contributed by atoms with Gasteiger partial charge in [-0.15, -0.1) is 12.4 Å². The third kappa shape index (κ3) is 8.41. The van der Waals surface area contributed by atoms with Gasteiger partial charge in [0, 0.05) is 25.6 Å². The fourth-order valence-electron chi connectivity index (χ4n) is 1.87. The Labute approximate surface area is 121 Å². The van der Waals surface area contributed by atoms with Crippen LogP contribution in [0.25, 0.3) is 0 Å². The summed E-state index contributed by atoms with van der Waals surface area (Å²) in [5.41, 5.74) is 0. The standard InChI is InChI=1S/C11H23N3O3S.ClH/c1-2-18(16,17)14-8-4-7-13-11(15)9-10-5-3-6-12-10;/h10,12,14H,2-9H2,1H3,(H,13,15);1H. The van der Waals surface area contributed by atoms with Crippen LogP contribution in [-0.4, -0.2) is 45.8 Å². The zero-order valence-electron chi connectivity index (χ0n) is 11.3. The van der Waals surface area contributed by atoms with Crippen molar-refractivity contribution in [3.63, 3.8) is 0 Å². The van der Waals surface area contributed by atoms with E-state index < -0.39 is 10.0 Å². The zero-order valence-corrected chi connectivity index (χ0v) is 12.9. The molecule has 1 rings (SSSR count). The first kappa shape index (κ1) is 18.6. The van der Waals surface area contributed by atoms with Gasteiger partial charge in [0.15, 0.2) is 0 Å². The van der Waals surface area contributed by atoms with E-state index in [1.54, 1.807) is 6.92 Å². The molecule has 8 heteroatoms. The largest absolute Gasteiger partial charge is 0.356 e. The van der Waals surface area contributed by atoms with Crippen LogP contribution < -0.4 is 15.4 Å². The molecule has 1 amide bonds. The number of rotatable bonds is 8. The summed E-state index contributed by atoms with van der Waals surface area (Å²) in [5.74, 6) is 0.125. The van der Waals surface area contributed by atoms with Crippen LogP contribution in [0.4, 0.5) is 0 Å². The van der Waals surface area contributed by atoms with Crippen molar-refractivity contribution in [2.45, 2.75) is 38.6 Å². The highest BCUT2D eigenvalue weighted by Gasteiger charge is 2.17.